The number of hydrogen-bond acceptors (Lipinski definition) is 3. The monoisotopic (exact) mass is 233 g/mol. The summed E-state index contributed by atoms with van der Waals surface area (Å²) in [7, 11) is 1.94. The minimum absolute atomic E-state index is 0.212. The van der Waals surface area contributed by atoms with E-state index in [4.69, 9.17) is 0 Å². The second-order valence-electron chi connectivity index (χ2n) is 4.27. The van der Waals surface area contributed by atoms with Crippen LogP contribution in [0.5, 0.6) is 0 Å². The van der Waals surface area contributed by atoms with Crippen LogP contribution in [0.25, 0.3) is 0 Å². The molecule has 0 radical (unpaired) electrons. The summed E-state index contributed by atoms with van der Waals surface area (Å²) in [5, 5.41) is 12.1. The van der Waals surface area contributed by atoms with Crippen LogP contribution in [0, 0.1) is 6.92 Å². The quantitative estimate of drug-likeness (QED) is 0.880. The lowest BCUT2D eigenvalue weighted by atomic mass is 10.1. The van der Waals surface area contributed by atoms with Crippen molar-refractivity contribution in [3.63, 3.8) is 0 Å². The molecule has 92 valence electrons. The zero-order valence-electron chi connectivity index (χ0n) is 10.8. The van der Waals surface area contributed by atoms with E-state index in [1.165, 1.54) is 5.56 Å². The number of aromatic nitrogens is 4. The number of nitrogens with one attached hydrogen (secondary N) is 1. The smallest absolute Gasteiger partial charge is 0.148 e. The van der Waals surface area contributed by atoms with Gasteiger partial charge in [-0.15, -0.1) is 0 Å². The molecule has 0 spiro atoms. The molecule has 0 bridgehead atoms. The molecule has 0 saturated heterocycles. The Labute approximate surface area is 101 Å². The highest BCUT2D eigenvalue weighted by Crippen LogP contribution is 2.19. The SMILES string of the molecule is CCn1ccc(NC(C)c2cn(C)nc2C)n1. The van der Waals surface area contributed by atoms with Crippen molar-refractivity contribution in [2.75, 3.05) is 5.32 Å². The lowest BCUT2D eigenvalue weighted by Gasteiger charge is -2.12. The van der Waals surface area contributed by atoms with Crippen LogP contribution in [0.15, 0.2) is 18.5 Å². The van der Waals surface area contributed by atoms with Crippen LogP contribution in [0.3, 0.4) is 0 Å². The summed E-state index contributed by atoms with van der Waals surface area (Å²) < 4.78 is 3.75. The van der Waals surface area contributed by atoms with Gasteiger partial charge >= 0.3 is 0 Å². The van der Waals surface area contributed by atoms with E-state index in [9.17, 15) is 0 Å². The van der Waals surface area contributed by atoms with Crippen LogP contribution >= 0.6 is 0 Å². The molecule has 2 rings (SSSR count). The molecule has 0 fully saturated rings. The summed E-state index contributed by atoms with van der Waals surface area (Å²) in [5.74, 6) is 0.905. The highest BCUT2D eigenvalue weighted by molar-refractivity contribution is 5.37. The van der Waals surface area contributed by atoms with Crippen molar-refractivity contribution in [2.24, 2.45) is 7.05 Å². The van der Waals surface area contributed by atoms with Crippen molar-refractivity contribution >= 4 is 5.82 Å². The van der Waals surface area contributed by atoms with Gasteiger partial charge in [0.2, 0.25) is 0 Å². The molecule has 0 aliphatic carbocycles. The van der Waals surface area contributed by atoms with E-state index in [0.717, 1.165) is 18.1 Å². The Morgan fingerprint density at radius 3 is 2.71 bits per heavy atom. The standard InChI is InChI=1S/C12H19N5/c1-5-17-7-6-12(15-17)13-9(2)11-8-16(4)14-10(11)3/h6-9H,5H2,1-4H3,(H,13,15). The van der Waals surface area contributed by atoms with Gasteiger partial charge in [-0.2, -0.15) is 10.2 Å². The van der Waals surface area contributed by atoms with E-state index in [-0.39, 0.29) is 6.04 Å². The van der Waals surface area contributed by atoms with Gasteiger partial charge in [0.25, 0.3) is 0 Å². The lowest BCUT2D eigenvalue weighted by molar-refractivity contribution is 0.659. The summed E-state index contributed by atoms with van der Waals surface area (Å²) >= 11 is 0. The molecule has 5 heteroatoms. The Hall–Kier alpha value is -1.78. The number of hydrogen-bond donors (Lipinski definition) is 1. The van der Waals surface area contributed by atoms with Gasteiger partial charge in [-0.25, -0.2) is 0 Å². The van der Waals surface area contributed by atoms with Crippen molar-refractivity contribution in [1.82, 2.24) is 19.6 Å². The maximum atomic E-state index is 4.41. The zero-order valence-corrected chi connectivity index (χ0v) is 10.8. The second-order valence-corrected chi connectivity index (χ2v) is 4.27. The molecule has 1 atom stereocenters. The average Bonchev–Trinajstić information content (AvgIpc) is 2.85. The van der Waals surface area contributed by atoms with Crippen molar-refractivity contribution in [1.29, 1.82) is 0 Å². The molecule has 0 aliphatic rings. The van der Waals surface area contributed by atoms with E-state index < -0.39 is 0 Å². The molecule has 1 unspecified atom stereocenters. The topological polar surface area (TPSA) is 47.7 Å². The third-order valence-corrected chi connectivity index (χ3v) is 2.85. The van der Waals surface area contributed by atoms with Crippen molar-refractivity contribution < 1.29 is 0 Å². The summed E-state index contributed by atoms with van der Waals surface area (Å²) in [6, 6.07) is 2.20. The van der Waals surface area contributed by atoms with Crippen LogP contribution < -0.4 is 5.32 Å². The van der Waals surface area contributed by atoms with E-state index in [1.54, 1.807) is 0 Å². The summed E-state index contributed by atoms with van der Waals surface area (Å²) in [5.41, 5.74) is 2.26. The van der Waals surface area contributed by atoms with Crippen molar-refractivity contribution in [3.8, 4) is 0 Å². The van der Waals surface area contributed by atoms with E-state index >= 15 is 0 Å². The van der Waals surface area contributed by atoms with Crippen molar-refractivity contribution in [3.05, 3.63) is 29.7 Å². The average molecular weight is 233 g/mol. The molecule has 0 aliphatic heterocycles. The molecule has 5 nitrogen and oxygen atoms in total. The third-order valence-electron chi connectivity index (χ3n) is 2.85. The summed E-state index contributed by atoms with van der Waals surface area (Å²) in [4.78, 5) is 0. The molecule has 2 aromatic heterocycles. The molecule has 2 heterocycles. The first-order valence-electron chi connectivity index (χ1n) is 5.90. The Morgan fingerprint density at radius 1 is 1.41 bits per heavy atom. The van der Waals surface area contributed by atoms with E-state index in [0.29, 0.717) is 0 Å². The van der Waals surface area contributed by atoms with Crippen LogP contribution in [-0.2, 0) is 13.6 Å². The fourth-order valence-electron chi connectivity index (χ4n) is 1.96. The van der Waals surface area contributed by atoms with Gasteiger partial charge in [0.1, 0.15) is 5.82 Å². The number of rotatable bonds is 4. The Morgan fingerprint density at radius 2 is 2.18 bits per heavy atom. The fourth-order valence-corrected chi connectivity index (χ4v) is 1.96. The molecular formula is C12H19N5. The van der Waals surface area contributed by atoms with Gasteiger partial charge in [-0.05, 0) is 20.8 Å². The maximum Gasteiger partial charge on any atom is 0.148 e. The Kier molecular flexibility index (Phi) is 3.17. The molecule has 1 N–H and O–H groups in total. The van der Waals surface area contributed by atoms with Crippen LogP contribution in [0.1, 0.15) is 31.1 Å². The molecule has 2 aromatic rings. The predicted octanol–water partition coefficient (Wildman–Crippen LogP) is 2.12. The predicted molar refractivity (Wildman–Crippen MR) is 67.9 cm³/mol. The lowest BCUT2D eigenvalue weighted by Crippen LogP contribution is -2.08. The maximum absolute atomic E-state index is 4.41. The molecule has 17 heavy (non-hydrogen) atoms. The Balaban J connectivity index is 2.11. The molecular weight excluding hydrogens is 214 g/mol. The second kappa shape index (κ2) is 4.61. The normalized spacial score (nSPS) is 12.7. The summed E-state index contributed by atoms with van der Waals surface area (Å²) in [6.07, 6.45) is 4.02. The van der Waals surface area contributed by atoms with Gasteiger partial charge in [-0.1, -0.05) is 0 Å². The fraction of sp³-hybridized carbons (Fsp3) is 0.500. The number of aryl methyl sites for hydroxylation is 3. The molecule has 0 saturated carbocycles. The molecule has 0 aromatic carbocycles. The van der Waals surface area contributed by atoms with Gasteiger partial charge in [0.05, 0.1) is 11.7 Å². The minimum atomic E-state index is 0.212. The van der Waals surface area contributed by atoms with Crippen LogP contribution in [-0.4, -0.2) is 19.6 Å². The zero-order chi connectivity index (χ0) is 12.4. The van der Waals surface area contributed by atoms with Gasteiger partial charge in [-0.3, -0.25) is 9.36 Å². The minimum Gasteiger partial charge on any atom is -0.362 e. The van der Waals surface area contributed by atoms with Crippen LogP contribution in [0.4, 0.5) is 5.82 Å². The Bertz CT molecular complexity index is 497. The van der Waals surface area contributed by atoms with Gasteiger partial charge in [0.15, 0.2) is 0 Å². The van der Waals surface area contributed by atoms with E-state index in [2.05, 4.69) is 29.4 Å². The summed E-state index contributed by atoms with van der Waals surface area (Å²) in [6.45, 7) is 7.11. The first kappa shape index (κ1) is 11.7. The molecule has 0 amide bonds. The highest BCUT2D eigenvalue weighted by Gasteiger charge is 2.12. The first-order chi connectivity index (χ1) is 8.10. The number of anilines is 1. The largest absolute Gasteiger partial charge is 0.362 e. The van der Waals surface area contributed by atoms with Gasteiger partial charge in [0, 0.05) is 37.6 Å². The third kappa shape index (κ3) is 2.49. The van der Waals surface area contributed by atoms with E-state index in [1.807, 2.05) is 41.8 Å². The van der Waals surface area contributed by atoms with Gasteiger partial charge < -0.3 is 5.32 Å². The number of nitrogens with zero attached hydrogens (tertiary/aromatic N) is 4. The van der Waals surface area contributed by atoms with Crippen LogP contribution in [0.2, 0.25) is 0 Å². The highest BCUT2D eigenvalue weighted by atomic mass is 15.3. The first-order valence-corrected chi connectivity index (χ1v) is 5.90. The van der Waals surface area contributed by atoms with Crippen molar-refractivity contribution in [2.45, 2.75) is 33.4 Å².